The lowest BCUT2D eigenvalue weighted by atomic mass is 9.97. The summed E-state index contributed by atoms with van der Waals surface area (Å²) in [6.07, 6.45) is 1.40. The van der Waals surface area contributed by atoms with Crippen molar-refractivity contribution in [3.63, 3.8) is 0 Å². The number of ether oxygens (including phenoxy) is 1. The van der Waals surface area contributed by atoms with Gasteiger partial charge in [-0.3, -0.25) is 9.69 Å². The second kappa shape index (κ2) is 12.1. The number of benzene rings is 2. The SMILES string of the molecule is O=C(C[C@@H]1CCCCN1S(=O)(=O)c1cccc(C(F)(F)F)c1)N[C@@H]1CCOc2cc(CN3CCCCC3)ccc21. The van der Waals surface area contributed by atoms with Crippen LogP contribution in [0, 0.1) is 0 Å². The largest absolute Gasteiger partial charge is 0.493 e. The fraction of sp³-hybridized carbons (Fsp3) is 0.552. The number of amides is 1. The molecule has 218 valence electrons. The van der Waals surface area contributed by atoms with Crippen LogP contribution in [0.5, 0.6) is 5.75 Å². The third kappa shape index (κ3) is 6.63. The van der Waals surface area contributed by atoms with E-state index < -0.39 is 32.7 Å². The Labute approximate surface area is 233 Å². The van der Waals surface area contributed by atoms with Crippen LogP contribution in [-0.2, 0) is 27.5 Å². The van der Waals surface area contributed by atoms with Crippen LogP contribution in [0.25, 0.3) is 0 Å². The Kier molecular flexibility index (Phi) is 8.72. The van der Waals surface area contributed by atoms with Crippen LogP contribution in [0.1, 0.15) is 74.1 Å². The normalized spacial score (nSPS) is 22.8. The van der Waals surface area contributed by atoms with Crippen molar-refractivity contribution >= 4 is 15.9 Å². The van der Waals surface area contributed by atoms with Crippen molar-refractivity contribution in [1.29, 1.82) is 0 Å². The molecule has 40 heavy (non-hydrogen) atoms. The van der Waals surface area contributed by atoms with Gasteiger partial charge in [0.25, 0.3) is 0 Å². The fourth-order valence-corrected chi connectivity index (χ4v) is 7.73. The van der Waals surface area contributed by atoms with E-state index in [-0.39, 0.29) is 24.9 Å². The molecule has 3 heterocycles. The molecule has 1 N–H and O–H groups in total. The topological polar surface area (TPSA) is 79.0 Å². The summed E-state index contributed by atoms with van der Waals surface area (Å²) in [6.45, 7) is 3.68. The van der Waals surface area contributed by atoms with Gasteiger partial charge in [0.05, 0.1) is 23.1 Å². The number of halogens is 3. The van der Waals surface area contributed by atoms with Gasteiger partial charge < -0.3 is 10.1 Å². The van der Waals surface area contributed by atoms with Crippen LogP contribution < -0.4 is 10.1 Å². The molecule has 2 aromatic carbocycles. The van der Waals surface area contributed by atoms with Crippen LogP contribution in [-0.4, -0.2) is 55.8 Å². The Bertz CT molecular complexity index is 1310. The summed E-state index contributed by atoms with van der Waals surface area (Å²) in [6, 6.07) is 9.04. The van der Waals surface area contributed by atoms with Gasteiger partial charge in [-0.05, 0) is 68.6 Å². The predicted octanol–water partition coefficient (Wildman–Crippen LogP) is 5.26. The van der Waals surface area contributed by atoms with Gasteiger partial charge in [-0.25, -0.2) is 8.42 Å². The molecule has 3 aliphatic rings. The smallest absolute Gasteiger partial charge is 0.416 e. The number of carbonyl (C=O) groups excluding carboxylic acids is 1. The summed E-state index contributed by atoms with van der Waals surface area (Å²) < 4.78 is 73.6. The zero-order valence-corrected chi connectivity index (χ0v) is 23.3. The maximum Gasteiger partial charge on any atom is 0.416 e. The molecule has 0 radical (unpaired) electrons. The molecule has 7 nitrogen and oxygen atoms in total. The van der Waals surface area contributed by atoms with Gasteiger partial charge in [0.1, 0.15) is 5.75 Å². The molecule has 2 fully saturated rings. The zero-order valence-electron chi connectivity index (χ0n) is 22.5. The maximum absolute atomic E-state index is 13.4. The first kappa shape index (κ1) is 28.9. The average Bonchev–Trinajstić information content (AvgIpc) is 2.93. The van der Waals surface area contributed by atoms with Crippen LogP contribution >= 0.6 is 0 Å². The fourth-order valence-electron chi connectivity index (χ4n) is 5.99. The minimum Gasteiger partial charge on any atom is -0.493 e. The lowest BCUT2D eigenvalue weighted by Gasteiger charge is -2.35. The van der Waals surface area contributed by atoms with Crippen molar-refractivity contribution in [3.05, 3.63) is 59.2 Å². The number of hydrogen-bond donors (Lipinski definition) is 1. The molecular weight excluding hydrogens is 543 g/mol. The summed E-state index contributed by atoms with van der Waals surface area (Å²) in [5.74, 6) is 0.476. The zero-order chi connectivity index (χ0) is 28.3. The van der Waals surface area contributed by atoms with E-state index in [1.54, 1.807) is 0 Å². The molecule has 3 aliphatic heterocycles. The lowest BCUT2D eigenvalue weighted by molar-refractivity contribution is -0.137. The molecule has 2 saturated heterocycles. The van der Waals surface area contributed by atoms with Gasteiger partial charge in [0, 0.05) is 37.5 Å². The molecule has 0 saturated carbocycles. The van der Waals surface area contributed by atoms with Crippen molar-refractivity contribution < 1.29 is 31.1 Å². The highest BCUT2D eigenvalue weighted by molar-refractivity contribution is 7.89. The monoisotopic (exact) mass is 579 g/mol. The van der Waals surface area contributed by atoms with E-state index in [0.29, 0.717) is 31.9 Å². The molecule has 1 amide bonds. The molecule has 0 aromatic heterocycles. The summed E-state index contributed by atoms with van der Waals surface area (Å²) >= 11 is 0. The summed E-state index contributed by atoms with van der Waals surface area (Å²) in [4.78, 5) is 15.2. The number of sulfonamides is 1. The van der Waals surface area contributed by atoms with Gasteiger partial charge in [-0.2, -0.15) is 17.5 Å². The van der Waals surface area contributed by atoms with E-state index in [1.807, 2.05) is 12.1 Å². The van der Waals surface area contributed by atoms with Crippen molar-refractivity contribution in [2.24, 2.45) is 0 Å². The van der Waals surface area contributed by atoms with Gasteiger partial charge in [-0.15, -0.1) is 0 Å². The minimum atomic E-state index is -4.65. The van der Waals surface area contributed by atoms with E-state index in [4.69, 9.17) is 4.74 Å². The third-order valence-electron chi connectivity index (χ3n) is 8.07. The molecule has 2 aromatic rings. The van der Waals surface area contributed by atoms with Gasteiger partial charge in [0.15, 0.2) is 0 Å². The van der Waals surface area contributed by atoms with E-state index in [1.165, 1.54) is 35.2 Å². The van der Waals surface area contributed by atoms with Crippen LogP contribution in [0.3, 0.4) is 0 Å². The summed E-state index contributed by atoms with van der Waals surface area (Å²) in [7, 11) is -4.21. The highest BCUT2D eigenvalue weighted by atomic mass is 32.2. The maximum atomic E-state index is 13.4. The molecule has 11 heteroatoms. The molecular formula is C29H36F3N3O4S. The summed E-state index contributed by atoms with van der Waals surface area (Å²) in [5.41, 5.74) is 1.06. The van der Waals surface area contributed by atoms with E-state index >= 15 is 0 Å². The molecule has 2 atom stereocenters. The van der Waals surface area contributed by atoms with Crippen molar-refractivity contribution in [2.45, 2.75) is 81.1 Å². The first-order chi connectivity index (χ1) is 19.1. The number of alkyl halides is 3. The van der Waals surface area contributed by atoms with Crippen molar-refractivity contribution in [1.82, 2.24) is 14.5 Å². The molecule has 0 unspecified atom stereocenters. The standard InChI is InChI=1S/C29H36F3N3O4S/c30-29(31,32)22-7-6-9-24(18-22)40(37,38)35-15-5-2-8-23(35)19-28(36)33-26-12-16-39-27-17-21(10-11-25(26)27)20-34-13-3-1-4-14-34/h6-7,9-11,17-18,23,26H,1-5,8,12-16,19-20H2,(H,33,36)/t23-,26+/m0/s1. The number of piperidine rings is 2. The van der Waals surface area contributed by atoms with Crippen molar-refractivity contribution in [2.75, 3.05) is 26.2 Å². The average molecular weight is 580 g/mol. The minimum absolute atomic E-state index is 0.0576. The number of rotatable bonds is 7. The second-order valence-electron chi connectivity index (χ2n) is 11.0. The number of hydrogen-bond acceptors (Lipinski definition) is 5. The quantitative estimate of drug-likeness (QED) is 0.484. The highest BCUT2D eigenvalue weighted by Crippen LogP contribution is 2.35. The number of nitrogens with one attached hydrogen (secondary N) is 1. The highest BCUT2D eigenvalue weighted by Gasteiger charge is 2.37. The second-order valence-corrected chi connectivity index (χ2v) is 12.9. The Morgan fingerprint density at radius 2 is 1.75 bits per heavy atom. The predicted molar refractivity (Wildman–Crippen MR) is 144 cm³/mol. The van der Waals surface area contributed by atoms with Crippen LogP contribution in [0.4, 0.5) is 13.2 Å². The number of fused-ring (bicyclic) bond motifs is 1. The molecule has 5 rings (SSSR count). The molecule has 0 aliphatic carbocycles. The Morgan fingerprint density at radius 1 is 0.975 bits per heavy atom. The molecule has 0 bridgehead atoms. The number of nitrogens with zero attached hydrogens (tertiary/aromatic N) is 2. The first-order valence-corrected chi connectivity index (χ1v) is 15.5. The third-order valence-corrected chi connectivity index (χ3v) is 10.0. The Hall–Kier alpha value is -2.63. The lowest BCUT2D eigenvalue weighted by Crippen LogP contribution is -2.46. The molecule has 0 spiro atoms. The number of carbonyl (C=O) groups is 1. The van der Waals surface area contributed by atoms with Gasteiger partial charge in [0.2, 0.25) is 15.9 Å². The first-order valence-electron chi connectivity index (χ1n) is 14.1. The van der Waals surface area contributed by atoms with Gasteiger partial charge in [-0.1, -0.05) is 31.0 Å². The van der Waals surface area contributed by atoms with Crippen molar-refractivity contribution in [3.8, 4) is 5.75 Å². The summed E-state index contributed by atoms with van der Waals surface area (Å²) in [5, 5.41) is 3.06. The Morgan fingerprint density at radius 3 is 2.52 bits per heavy atom. The van der Waals surface area contributed by atoms with E-state index in [9.17, 15) is 26.4 Å². The number of likely N-dealkylation sites (tertiary alicyclic amines) is 1. The van der Waals surface area contributed by atoms with Gasteiger partial charge >= 0.3 is 6.18 Å². The van der Waals surface area contributed by atoms with E-state index in [0.717, 1.165) is 49.5 Å². The van der Waals surface area contributed by atoms with Crippen LogP contribution in [0.2, 0.25) is 0 Å². The van der Waals surface area contributed by atoms with Crippen LogP contribution in [0.15, 0.2) is 47.4 Å². The Balaban J connectivity index is 1.26. The van der Waals surface area contributed by atoms with E-state index in [2.05, 4.69) is 16.3 Å².